The molecule has 1 aliphatic rings. The van der Waals surface area contributed by atoms with Crippen LogP contribution in [0, 0.1) is 22.7 Å². The van der Waals surface area contributed by atoms with Gasteiger partial charge < -0.3 is 19.3 Å². The number of hydrogen-bond acceptors (Lipinski definition) is 6. The van der Waals surface area contributed by atoms with E-state index < -0.39 is 11.8 Å². The molecule has 0 N–H and O–H groups in total. The molecular weight excluding hydrogens is 420 g/mol. The number of rotatable bonds is 10. The van der Waals surface area contributed by atoms with Gasteiger partial charge in [0.25, 0.3) is 0 Å². The zero-order valence-corrected chi connectivity index (χ0v) is 18.1. The molecule has 1 aliphatic heterocycles. The largest absolute Gasteiger partial charge is 0.494 e. The number of ether oxygens (including phenoxy) is 2. The van der Waals surface area contributed by atoms with E-state index in [1.807, 2.05) is 6.07 Å². The molecule has 33 heavy (non-hydrogen) atoms. The van der Waals surface area contributed by atoms with Gasteiger partial charge in [0, 0.05) is 26.2 Å². The Kier molecular flexibility index (Phi) is 8.44. The van der Waals surface area contributed by atoms with Gasteiger partial charge in [-0.2, -0.15) is 10.5 Å². The van der Waals surface area contributed by atoms with Crippen molar-refractivity contribution < 1.29 is 19.1 Å². The first-order valence-corrected chi connectivity index (χ1v) is 10.6. The van der Waals surface area contributed by atoms with Crippen LogP contribution in [-0.2, 0) is 9.59 Å². The van der Waals surface area contributed by atoms with Crippen molar-refractivity contribution in [2.75, 3.05) is 39.4 Å². The summed E-state index contributed by atoms with van der Waals surface area (Å²) in [5.74, 6) is 0.312. The fourth-order valence-electron chi connectivity index (χ4n) is 3.21. The molecule has 0 radical (unpaired) electrons. The number of hydrogen-bond donors (Lipinski definition) is 0. The third-order valence-corrected chi connectivity index (χ3v) is 5.04. The van der Waals surface area contributed by atoms with Crippen molar-refractivity contribution in [3.63, 3.8) is 0 Å². The van der Waals surface area contributed by atoms with E-state index in [2.05, 4.69) is 6.07 Å². The van der Waals surface area contributed by atoms with Crippen molar-refractivity contribution in [2.45, 2.75) is 6.42 Å². The van der Waals surface area contributed by atoms with Crippen molar-refractivity contribution in [3.05, 3.63) is 71.8 Å². The minimum Gasteiger partial charge on any atom is -0.494 e. The molecule has 0 spiro atoms. The molecule has 168 valence electrons. The second-order valence-corrected chi connectivity index (χ2v) is 7.30. The van der Waals surface area contributed by atoms with Gasteiger partial charge in [0.1, 0.15) is 18.1 Å². The van der Waals surface area contributed by atoms with E-state index in [4.69, 9.17) is 20.0 Å². The second-order valence-electron chi connectivity index (χ2n) is 7.30. The number of nitriles is 2. The van der Waals surface area contributed by atoms with Crippen LogP contribution < -0.4 is 9.47 Å². The number of carbonyl (C=O) groups excluding carboxylic acids is 2. The molecule has 0 unspecified atom stereocenters. The normalized spacial score (nSPS) is 13.6. The van der Waals surface area contributed by atoms with Gasteiger partial charge in [-0.3, -0.25) is 9.59 Å². The highest BCUT2D eigenvalue weighted by atomic mass is 16.5. The smallest absolute Gasteiger partial charge is 0.312 e. The van der Waals surface area contributed by atoms with E-state index in [0.717, 1.165) is 0 Å². The third kappa shape index (κ3) is 6.84. The Morgan fingerprint density at radius 2 is 1.33 bits per heavy atom. The first kappa shape index (κ1) is 23.4. The van der Waals surface area contributed by atoms with Crippen molar-refractivity contribution in [1.29, 1.82) is 10.5 Å². The van der Waals surface area contributed by atoms with E-state index in [-0.39, 0.29) is 0 Å². The lowest BCUT2D eigenvalue weighted by atomic mass is 10.2. The first-order valence-electron chi connectivity index (χ1n) is 10.6. The van der Waals surface area contributed by atoms with Crippen LogP contribution in [0.25, 0.3) is 0 Å². The van der Waals surface area contributed by atoms with Crippen LogP contribution in [0.4, 0.5) is 0 Å². The second kappa shape index (κ2) is 11.9. The summed E-state index contributed by atoms with van der Waals surface area (Å²) in [5, 5.41) is 17.6. The Hall–Kier alpha value is -4.30. The molecule has 1 saturated heterocycles. The summed E-state index contributed by atoms with van der Waals surface area (Å²) in [7, 11) is 0. The molecule has 3 rings (SSSR count). The molecule has 0 bridgehead atoms. The van der Waals surface area contributed by atoms with Gasteiger partial charge in [-0.1, -0.05) is 6.08 Å². The molecule has 8 heteroatoms. The summed E-state index contributed by atoms with van der Waals surface area (Å²) in [6.45, 7) is 2.49. The summed E-state index contributed by atoms with van der Waals surface area (Å²) in [5.41, 5.74) is 1.14. The average molecular weight is 444 g/mol. The summed E-state index contributed by atoms with van der Waals surface area (Å²) in [4.78, 5) is 27.8. The lowest BCUT2D eigenvalue weighted by Crippen LogP contribution is -2.54. The van der Waals surface area contributed by atoms with Gasteiger partial charge in [0.2, 0.25) is 0 Å². The molecule has 0 atom stereocenters. The molecule has 0 saturated carbocycles. The van der Waals surface area contributed by atoms with E-state index >= 15 is 0 Å². The highest BCUT2D eigenvalue weighted by Crippen LogP contribution is 2.13. The predicted octanol–water partition coefficient (Wildman–Crippen LogP) is 2.50. The maximum atomic E-state index is 12.4. The number of amides is 2. The summed E-state index contributed by atoms with van der Waals surface area (Å²) in [6.07, 6.45) is 4.20. The van der Waals surface area contributed by atoms with E-state index in [9.17, 15) is 9.59 Å². The van der Waals surface area contributed by atoms with Gasteiger partial charge in [-0.15, -0.1) is 0 Å². The van der Waals surface area contributed by atoms with E-state index in [1.54, 1.807) is 65.6 Å². The van der Waals surface area contributed by atoms with Crippen LogP contribution in [-0.4, -0.2) is 61.0 Å². The van der Waals surface area contributed by atoms with Gasteiger partial charge in [-0.25, -0.2) is 0 Å². The zero-order valence-electron chi connectivity index (χ0n) is 18.1. The number of benzene rings is 2. The Morgan fingerprint density at radius 3 is 1.94 bits per heavy atom. The van der Waals surface area contributed by atoms with Crippen LogP contribution in [0.5, 0.6) is 11.5 Å². The highest BCUT2D eigenvalue weighted by molar-refractivity contribution is 6.35. The molecule has 2 amide bonds. The standard InChI is InChI=1S/C25H24N4O4/c26-18-20-4-8-22(9-5-20)32-16-2-1-12-28-14-15-29(25(31)24(28)30)13-3-17-33-23-10-6-21(19-27)7-11-23/h1-2,4-11H,3,12-17H2/b2-1+. The molecule has 1 heterocycles. The SMILES string of the molecule is N#Cc1ccc(OC/C=C/CN2CCN(CCCOc3ccc(C#N)cc3)C(=O)C2=O)cc1. The Balaban J connectivity index is 1.34. The van der Waals surface area contributed by atoms with Crippen LogP contribution in [0.15, 0.2) is 60.7 Å². The highest BCUT2D eigenvalue weighted by Gasteiger charge is 2.31. The topological polar surface area (TPSA) is 107 Å². The minimum atomic E-state index is -0.507. The van der Waals surface area contributed by atoms with Crippen molar-refractivity contribution in [2.24, 2.45) is 0 Å². The van der Waals surface area contributed by atoms with Crippen molar-refractivity contribution in [1.82, 2.24) is 9.80 Å². The molecule has 2 aromatic rings. The molecule has 0 aromatic heterocycles. The predicted molar refractivity (Wildman–Crippen MR) is 120 cm³/mol. The van der Waals surface area contributed by atoms with Gasteiger partial charge in [0.15, 0.2) is 0 Å². The van der Waals surface area contributed by atoms with Gasteiger partial charge in [0.05, 0.1) is 29.9 Å². The zero-order chi connectivity index (χ0) is 23.5. The van der Waals surface area contributed by atoms with Gasteiger partial charge >= 0.3 is 11.8 Å². The van der Waals surface area contributed by atoms with E-state index in [1.165, 1.54) is 4.90 Å². The van der Waals surface area contributed by atoms with Crippen molar-refractivity contribution >= 4 is 11.8 Å². The van der Waals surface area contributed by atoms with E-state index in [0.29, 0.717) is 68.4 Å². The summed E-state index contributed by atoms with van der Waals surface area (Å²) in [6, 6.07) is 17.7. The van der Waals surface area contributed by atoms with Crippen LogP contribution in [0.1, 0.15) is 17.5 Å². The molecule has 1 fully saturated rings. The number of piperazine rings is 1. The first-order chi connectivity index (χ1) is 16.1. The Bertz CT molecular complexity index is 1070. The number of nitrogens with zero attached hydrogens (tertiary/aromatic N) is 4. The monoisotopic (exact) mass is 444 g/mol. The number of carbonyl (C=O) groups is 2. The Morgan fingerprint density at radius 1 is 0.788 bits per heavy atom. The van der Waals surface area contributed by atoms with Crippen LogP contribution in [0.3, 0.4) is 0 Å². The molecular formula is C25H24N4O4. The van der Waals surface area contributed by atoms with Crippen LogP contribution >= 0.6 is 0 Å². The maximum absolute atomic E-state index is 12.4. The molecule has 0 aliphatic carbocycles. The third-order valence-electron chi connectivity index (χ3n) is 5.04. The average Bonchev–Trinajstić information content (AvgIpc) is 2.86. The summed E-state index contributed by atoms with van der Waals surface area (Å²) < 4.78 is 11.2. The minimum absolute atomic E-state index is 0.327. The van der Waals surface area contributed by atoms with Crippen molar-refractivity contribution in [3.8, 4) is 23.6 Å². The quantitative estimate of drug-likeness (QED) is 0.317. The fourth-order valence-corrected chi connectivity index (χ4v) is 3.21. The van der Waals surface area contributed by atoms with Crippen LogP contribution in [0.2, 0.25) is 0 Å². The Labute approximate surface area is 192 Å². The lowest BCUT2D eigenvalue weighted by Gasteiger charge is -2.33. The summed E-state index contributed by atoms with van der Waals surface area (Å²) >= 11 is 0. The van der Waals surface area contributed by atoms with Gasteiger partial charge in [-0.05, 0) is 61.0 Å². The fraction of sp³-hybridized carbons (Fsp3) is 0.280. The molecule has 8 nitrogen and oxygen atoms in total. The molecule has 2 aromatic carbocycles. The lowest BCUT2D eigenvalue weighted by molar-refractivity contribution is -0.155. The maximum Gasteiger partial charge on any atom is 0.312 e.